The Morgan fingerprint density at radius 3 is 2.73 bits per heavy atom. The Kier molecular flexibility index (Phi) is 4.46. The Balaban J connectivity index is 1.93. The van der Waals surface area contributed by atoms with Gasteiger partial charge >= 0.3 is 0 Å². The molecule has 0 N–H and O–H groups in total. The SMILES string of the molecule is BrC1CCCN(Cc2ccc(I)cc2)C1. The summed E-state index contributed by atoms with van der Waals surface area (Å²) in [4.78, 5) is 3.22. The van der Waals surface area contributed by atoms with Crippen molar-refractivity contribution >= 4 is 38.5 Å². The number of rotatable bonds is 2. The minimum absolute atomic E-state index is 0.690. The van der Waals surface area contributed by atoms with Crippen LogP contribution in [0.25, 0.3) is 0 Å². The third-order valence-corrected chi connectivity index (χ3v) is 4.23. The minimum atomic E-state index is 0.690. The maximum atomic E-state index is 3.71. The lowest BCUT2D eigenvalue weighted by Crippen LogP contribution is -2.35. The molecule has 1 aliphatic heterocycles. The Bertz CT molecular complexity index is 312. The van der Waals surface area contributed by atoms with Crippen molar-refractivity contribution < 1.29 is 0 Å². The van der Waals surface area contributed by atoms with Gasteiger partial charge in [-0.1, -0.05) is 28.1 Å². The van der Waals surface area contributed by atoms with Gasteiger partial charge in [0.1, 0.15) is 0 Å². The van der Waals surface area contributed by atoms with Gasteiger partial charge in [-0.2, -0.15) is 0 Å². The molecule has 2 rings (SSSR count). The zero-order valence-corrected chi connectivity index (χ0v) is 12.4. The summed E-state index contributed by atoms with van der Waals surface area (Å²) in [6.07, 6.45) is 2.64. The highest BCUT2D eigenvalue weighted by atomic mass is 127. The summed E-state index contributed by atoms with van der Waals surface area (Å²) in [6.45, 7) is 3.53. The van der Waals surface area contributed by atoms with Crippen molar-refractivity contribution in [1.29, 1.82) is 0 Å². The standard InChI is InChI=1S/C12H15BrIN/c13-11-2-1-7-15(9-11)8-10-3-5-12(14)6-4-10/h3-6,11H,1-2,7-9H2. The van der Waals surface area contributed by atoms with E-state index in [1.807, 2.05) is 0 Å². The second kappa shape index (κ2) is 5.64. The molecule has 0 aromatic heterocycles. The molecular weight excluding hydrogens is 365 g/mol. The molecule has 1 aliphatic rings. The largest absolute Gasteiger partial charge is 0.298 e. The van der Waals surface area contributed by atoms with E-state index in [0.717, 1.165) is 6.54 Å². The highest BCUT2D eigenvalue weighted by Crippen LogP contribution is 2.19. The van der Waals surface area contributed by atoms with E-state index >= 15 is 0 Å². The van der Waals surface area contributed by atoms with Gasteiger partial charge in [0.05, 0.1) is 0 Å². The number of hydrogen-bond donors (Lipinski definition) is 0. The van der Waals surface area contributed by atoms with Gasteiger partial charge in [0.15, 0.2) is 0 Å². The van der Waals surface area contributed by atoms with Crippen molar-refractivity contribution in [2.75, 3.05) is 13.1 Å². The van der Waals surface area contributed by atoms with Crippen LogP contribution in [-0.2, 0) is 6.54 Å². The first-order chi connectivity index (χ1) is 7.24. The molecule has 0 bridgehead atoms. The zero-order chi connectivity index (χ0) is 10.7. The molecule has 1 aromatic carbocycles. The maximum absolute atomic E-state index is 3.71. The van der Waals surface area contributed by atoms with Crippen LogP contribution >= 0.6 is 38.5 Å². The number of halogens is 2. The summed E-state index contributed by atoms with van der Waals surface area (Å²) in [7, 11) is 0. The van der Waals surface area contributed by atoms with Crippen LogP contribution < -0.4 is 0 Å². The summed E-state index contributed by atoms with van der Waals surface area (Å²) < 4.78 is 1.31. The second-order valence-corrected chi connectivity index (χ2v) is 6.64. The average Bonchev–Trinajstić information content (AvgIpc) is 2.22. The molecule has 15 heavy (non-hydrogen) atoms. The van der Waals surface area contributed by atoms with Crippen LogP contribution in [-0.4, -0.2) is 22.8 Å². The van der Waals surface area contributed by atoms with E-state index in [0.29, 0.717) is 4.83 Å². The number of hydrogen-bond acceptors (Lipinski definition) is 1. The van der Waals surface area contributed by atoms with Crippen molar-refractivity contribution in [2.24, 2.45) is 0 Å². The number of piperidine rings is 1. The molecule has 1 saturated heterocycles. The highest BCUT2D eigenvalue weighted by molar-refractivity contribution is 14.1. The number of likely N-dealkylation sites (tertiary alicyclic amines) is 1. The monoisotopic (exact) mass is 379 g/mol. The topological polar surface area (TPSA) is 3.24 Å². The second-order valence-electron chi connectivity index (χ2n) is 4.10. The number of alkyl halides is 1. The van der Waals surface area contributed by atoms with E-state index in [-0.39, 0.29) is 0 Å². The van der Waals surface area contributed by atoms with Crippen LogP contribution in [0, 0.1) is 3.57 Å². The normalized spacial score (nSPS) is 22.9. The van der Waals surface area contributed by atoms with Crippen molar-refractivity contribution in [3.63, 3.8) is 0 Å². The Morgan fingerprint density at radius 2 is 2.07 bits per heavy atom. The van der Waals surface area contributed by atoms with Gasteiger partial charge in [-0.05, 0) is 59.7 Å². The van der Waals surface area contributed by atoms with Crippen LogP contribution in [0.4, 0.5) is 0 Å². The Morgan fingerprint density at radius 1 is 1.33 bits per heavy atom. The van der Waals surface area contributed by atoms with Gasteiger partial charge in [0, 0.05) is 21.5 Å². The molecule has 82 valence electrons. The van der Waals surface area contributed by atoms with E-state index < -0.39 is 0 Å². The van der Waals surface area contributed by atoms with Gasteiger partial charge in [-0.25, -0.2) is 0 Å². The molecule has 0 saturated carbocycles. The smallest absolute Gasteiger partial charge is 0.0273 e. The number of benzene rings is 1. The fraction of sp³-hybridized carbons (Fsp3) is 0.500. The van der Waals surface area contributed by atoms with Crippen molar-refractivity contribution in [1.82, 2.24) is 4.90 Å². The van der Waals surface area contributed by atoms with Crippen LogP contribution in [0.5, 0.6) is 0 Å². The lowest BCUT2D eigenvalue weighted by Gasteiger charge is -2.29. The third kappa shape index (κ3) is 3.71. The molecule has 1 heterocycles. The molecule has 0 amide bonds. The first kappa shape index (κ1) is 11.9. The van der Waals surface area contributed by atoms with E-state index in [1.165, 1.54) is 35.1 Å². The van der Waals surface area contributed by atoms with E-state index in [4.69, 9.17) is 0 Å². The molecular formula is C12H15BrIN. The van der Waals surface area contributed by atoms with Crippen LogP contribution in [0.1, 0.15) is 18.4 Å². The predicted octanol–water partition coefficient (Wildman–Crippen LogP) is 3.65. The third-order valence-electron chi connectivity index (χ3n) is 2.77. The summed E-state index contributed by atoms with van der Waals surface area (Å²) in [6, 6.07) is 8.84. The minimum Gasteiger partial charge on any atom is -0.298 e. The van der Waals surface area contributed by atoms with E-state index in [2.05, 4.69) is 67.7 Å². The maximum Gasteiger partial charge on any atom is 0.0273 e. The van der Waals surface area contributed by atoms with Gasteiger partial charge in [-0.15, -0.1) is 0 Å². The van der Waals surface area contributed by atoms with E-state index in [9.17, 15) is 0 Å². The molecule has 0 spiro atoms. The molecule has 1 atom stereocenters. The Labute approximate surface area is 114 Å². The summed E-state index contributed by atoms with van der Waals surface area (Å²) in [5.74, 6) is 0. The molecule has 0 radical (unpaired) electrons. The van der Waals surface area contributed by atoms with Gasteiger partial charge in [0.25, 0.3) is 0 Å². The van der Waals surface area contributed by atoms with Crippen LogP contribution in [0.15, 0.2) is 24.3 Å². The predicted molar refractivity (Wildman–Crippen MR) is 76.4 cm³/mol. The first-order valence-electron chi connectivity index (χ1n) is 5.35. The first-order valence-corrected chi connectivity index (χ1v) is 7.34. The summed E-state index contributed by atoms with van der Waals surface area (Å²) in [5.41, 5.74) is 1.43. The van der Waals surface area contributed by atoms with Gasteiger partial charge in [0.2, 0.25) is 0 Å². The summed E-state index contributed by atoms with van der Waals surface area (Å²) in [5, 5.41) is 0. The van der Waals surface area contributed by atoms with Gasteiger partial charge in [-0.3, -0.25) is 4.90 Å². The fourth-order valence-corrected chi connectivity index (χ4v) is 3.08. The molecule has 1 aromatic rings. The molecule has 3 heteroatoms. The zero-order valence-electron chi connectivity index (χ0n) is 8.63. The van der Waals surface area contributed by atoms with Crippen LogP contribution in [0.2, 0.25) is 0 Å². The van der Waals surface area contributed by atoms with Crippen LogP contribution in [0.3, 0.4) is 0 Å². The van der Waals surface area contributed by atoms with E-state index in [1.54, 1.807) is 0 Å². The van der Waals surface area contributed by atoms with Crippen molar-refractivity contribution in [3.05, 3.63) is 33.4 Å². The quantitative estimate of drug-likeness (QED) is 0.560. The summed E-state index contributed by atoms with van der Waals surface area (Å²) >= 11 is 6.06. The lowest BCUT2D eigenvalue weighted by molar-refractivity contribution is 0.228. The number of nitrogens with zero attached hydrogens (tertiary/aromatic N) is 1. The highest BCUT2D eigenvalue weighted by Gasteiger charge is 2.17. The Hall–Kier alpha value is 0.390. The fourth-order valence-electron chi connectivity index (χ4n) is 1.99. The molecule has 1 unspecified atom stereocenters. The molecule has 1 fully saturated rings. The molecule has 1 nitrogen and oxygen atoms in total. The van der Waals surface area contributed by atoms with Crippen molar-refractivity contribution in [2.45, 2.75) is 24.2 Å². The molecule has 0 aliphatic carbocycles. The van der Waals surface area contributed by atoms with Gasteiger partial charge < -0.3 is 0 Å². The lowest BCUT2D eigenvalue weighted by atomic mass is 10.1. The van der Waals surface area contributed by atoms with Crippen molar-refractivity contribution in [3.8, 4) is 0 Å². The average molecular weight is 380 g/mol.